The fraction of sp³-hybridized carbons (Fsp3) is 0.321. The quantitative estimate of drug-likeness (QED) is 0.268. The van der Waals surface area contributed by atoms with Crippen molar-refractivity contribution in [1.82, 2.24) is 30.0 Å². The van der Waals surface area contributed by atoms with E-state index in [0.717, 1.165) is 48.9 Å². The van der Waals surface area contributed by atoms with Crippen molar-refractivity contribution in [3.8, 4) is 0 Å². The number of piperazine rings is 1. The molecule has 3 N–H and O–H groups in total. The summed E-state index contributed by atoms with van der Waals surface area (Å²) in [5, 5.41) is 14.2. The molecule has 4 aromatic rings. The number of nitrogens with one attached hydrogen (secondary N) is 3. The lowest BCUT2D eigenvalue weighted by atomic mass is 10.1. The van der Waals surface area contributed by atoms with E-state index >= 15 is 0 Å². The van der Waals surface area contributed by atoms with Gasteiger partial charge in [0.25, 0.3) is 5.91 Å². The van der Waals surface area contributed by atoms with Crippen molar-refractivity contribution in [3.05, 3.63) is 71.9 Å². The summed E-state index contributed by atoms with van der Waals surface area (Å²) >= 11 is 1.43. The largest absolute Gasteiger partial charge is 0.338 e. The Balaban J connectivity index is 1.34. The third-order valence-corrected chi connectivity index (χ3v) is 7.60. The molecule has 1 saturated heterocycles. The van der Waals surface area contributed by atoms with Crippen molar-refractivity contribution < 1.29 is 4.79 Å². The van der Waals surface area contributed by atoms with Crippen LogP contribution in [0.2, 0.25) is 0 Å². The number of rotatable bonds is 9. The second-order valence-electron chi connectivity index (χ2n) is 9.62. The minimum Gasteiger partial charge on any atom is -0.338 e. The Bertz CT molecular complexity index is 1390. The Hall–Kier alpha value is -3.96. The van der Waals surface area contributed by atoms with Crippen LogP contribution in [0.25, 0.3) is 0 Å². The Morgan fingerprint density at radius 1 is 1.03 bits per heavy atom. The Labute approximate surface area is 232 Å². The lowest BCUT2D eigenvalue weighted by molar-refractivity contribution is 0.102. The topological polar surface area (TPSA) is 115 Å². The zero-order valence-electron chi connectivity index (χ0n) is 22.4. The summed E-state index contributed by atoms with van der Waals surface area (Å²) in [5.41, 5.74) is 2.41. The first-order valence-corrected chi connectivity index (χ1v) is 13.9. The third-order valence-electron chi connectivity index (χ3n) is 6.73. The zero-order chi connectivity index (χ0) is 27.2. The maximum absolute atomic E-state index is 12.6. The minimum atomic E-state index is -0.155. The van der Waals surface area contributed by atoms with Gasteiger partial charge < -0.3 is 20.4 Å². The van der Waals surface area contributed by atoms with Crippen LogP contribution in [-0.2, 0) is 0 Å². The van der Waals surface area contributed by atoms with E-state index in [0.29, 0.717) is 34.4 Å². The number of carbonyl (C=O) groups is 1. The average molecular weight is 544 g/mol. The van der Waals surface area contributed by atoms with Crippen molar-refractivity contribution in [2.75, 3.05) is 48.8 Å². The van der Waals surface area contributed by atoms with Gasteiger partial charge in [-0.1, -0.05) is 32.0 Å². The molecule has 2 aromatic heterocycles. The first kappa shape index (κ1) is 26.6. The van der Waals surface area contributed by atoms with Gasteiger partial charge in [0.05, 0.1) is 0 Å². The van der Waals surface area contributed by atoms with E-state index in [-0.39, 0.29) is 5.91 Å². The first-order chi connectivity index (χ1) is 19.0. The molecule has 3 heterocycles. The predicted molar refractivity (Wildman–Crippen MR) is 155 cm³/mol. The summed E-state index contributed by atoms with van der Waals surface area (Å²) < 4.78 is 0. The lowest BCUT2D eigenvalue weighted by Crippen LogP contribution is -2.45. The lowest BCUT2D eigenvalue weighted by Gasteiger charge is -2.32. The molecule has 1 aliphatic rings. The summed E-state index contributed by atoms with van der Waals surface area (Å²) in [7, 11) is 2.12. The summed E-state index contributed by atoms with van der Waals surface area (Å²) in [4.78, 5) is 32.2. The molecular weight excluding hydrogens is 510 g/mol. The van der Waals surface area contributed by atoms with Gasteiger partial charge in [-0.15, -0.1) is 0 Å². The number of nitrogens with zero attached hydrogens (tertiary/aromatic N) is 6. The normalized spacial score (nSPS) is 14.7. The van der Waals surface area contributed by atoms with Crippen LogP contribution >= 0.6 is 11.8 Å². The van der Waals surface area contributed by atoms with Crippen molar-refractivity contribution in [3.63, 3.8) is 0 Å². The van der Waals surface area contributed by atoms with Crippen LogP contribution in [0.5, 0.6) is 0 Å². The number of hydrogen-bond acceptors (Lipinski definition) is 9. The SMILES string of the molecule is CCC(C)c1cc(Nc2nc(Sc3ccc(C(=O)Nc4ccccc4)cc3)nc(N3CCN(C)CC3)n2)n[nH]1. The van der Waals surface area contributed by atoms with Crippen LogP contribution in [0, 0.1) is 0 Å². The second kappa shape index (κ2) is 12.3. The molecule has 0 bridgehead atoms. The second-order valence-corrected chi connectivity index (χ2v) is 10.7. The molecule has 0 radical (unpaired) electrons. The molecule has 0 spiro atoms. The predicted octanol–water partition coefficient (Wildman–Crippen LogP) is 5.01. The maximum atomic E-state index is 12.6. The molecule has 11 heteroatoms. The average Bonchev–Trinajstić information content (AvgIpc) is 3.42. The number of carbonyl (C=O) groups excluding carboxylic acids is 1. The van der Waals surface area contributed by atoms with Gasteiger partial charge in [0.1, 0.15) is 0 Å². The molecule has 0 saturated carbocycles. The number of likely N-dealkylation sites (N-methyl/N-ethyl adjacent to an activating group) is 1. The van der Waals surface area contributed by atoms with E-state index in [1.54, 1.807) is 0 Å². The molecule has 10 nitrogen and oxygen atoms in total. The summed E-state index contributed by atoms with van der Waals surface area (Å²) in [6.07, 6.45) is 1.02. The van der Waals surface area contributed by atoms with E-state index in [4.69, 9.17) is 9.97 Å². The van der Waals surface area contributed by atoms with Crippen LogP contribution in [0.3, 0.4) is 0 Å². The third kappa shape index (κ3) is 6.92. The Morgan fingerprint density at radius 3 is 2.49 bits per heavy atom. The standard InChI is InChI=1S/C28H33N9OS/c1-4-19(2)23-18-24(35-34-23)30-26-31-27(37-16-14-36(3)15-17-37)33-28(32-26)39-22-12-10-20(11-13-22)25(38)29-21-8-6-5-7-9-21/h5-13,18-19H,4,14-17H2,1-3H3,(H,29,38)(H2,30,31,32,33,34,35). The van der Waals surface area contributed by atoms with E-state index < -0.39 is 0 Å². The molecule has 1 amide bonds. The highest BCUT2D eigenvalue weighted by Gasteiger charge is 2.20. The van der Waals surface area contributed by atoms with E-state index in [2.05, 4.69) is 56.5 Å². The van der Waals surface area contributed by atoms with Crippen LogP contribution in [0.4, 0.5) is 23.4 Å². The fourth-order valence-corrected chi connectivity index (χ4v) is 4.83. The highest BCUT2D eigenvalue weighted by Crippen LogP contribution is 2.28. The van der Waals surface area contributed by atoms with E-state index in [1.165, 1.54) is 11.8 Å². The van der Waals surface area contributed by atoms with Gasteiger partial charge in [-0.25, -0.2) is 0 Å². The van der Waals surface area contributed by atoms with Gasteiger partial charge in [0, 0.05) is 54.1 Å². The molecular formula is C28H33N9OS. The summed E-state index contributed by atoms with van der Waals surface area (Å²) in [6, 6.07) is 18.8. The van der Waals surface area contributed by atoms with E-state index in [9.17, 15) is 4.79 Å². The summed E-state index contributed by atoms with van der Waals surface area (Å²) in [5.74, 6) is 1.99. The van der Waals surface area contributed by atoms with Gasteiger partial charge in [0.2, 0.25) is 11.9 Å². The van der Waals surface area contributed by atoms with Crippen molar-refractivity contribution in [2.24, 2.45) is 0 Å². The van der Waals surface area contributed by atoms with Crippen LogP contribution < -0.4 is 15.5 Å². The van der Waals surface area contributed by atoms with Gasteiger partial charge >= 0.3 is 0 Å². The number of anilines is 4. The molecule has 5 rings (SSSR count). The van der Waals surface area contributed by atoms with Crippen LogP contribution in [-0.4, -0.2) is 69.2 Å². The highest BCUT2D eigenvalue weighted by atomic mass is 32.2. The van der Waals surface area contributed by atoms with Gasteiger partial charge in [0.15, 0.2) is 11.0 Å². The van der Waals surface area contributed by atoms with Gasteiger partial charge in [-0.3, -0.25) is 9.89 Å². The molecule has 0 aliphatic carbocycles. The van der Waals surface area contributed by atoms with Crippen molar-refractivity contribution in [2.45, 2.75) is 36.2 Å². The number of hydrogen-bond donors (Lipinski definition) is 3. The fourth-order valence-electron chi connectivity index (χ4n) is 4.09. The van der Waals surface area contributed by atoms with Crippen molar-refractivity contribution >= 4 is 41.1 Å². The molecule has 1 atom stereocenters. The summed E-state index contributed by atoms with van der Waals surface area (Å²) in [6.45, 7) is 7.89. The smallest absolute Gasteiger partial charge is 0.255 e. The maximum Gasteiger partial charge on any atom is 0.255 e. The molecule has 39 heavy (non-hydrogen) atoms. The first-order valence-electron chi connectivity index (χ1n) is 13.1. The Kier molecular flexibility index (Phi) is 8.38. The number of benzene rings is 2. The molecule has 1 aliphatic heterocycles. The van der Waals surface area contributed by atoms with E-state index in [1.807, 2.05) is 60.7 Å². The van der Waals surface area contributed by atoms with Crippen LogP contribution in [0.15, 0.2) is 70.7 Å². The highest BCUT2D eigenvalue weighted by molar-refractivity contribution is 7.99. The molecule has 1 unspecified atom stereocenters. The minimum absolute atomic E-state index is 0.155. The monoisotopic (exact) mass is 543 g/mol. The Morgan fingerprint density at radius 2 is 1.77 bits per heavy atom. The number of aromatic amines is 1. The number of H-pyrrole nitrogens is 1. The zero-order valence-corrected chi connectivity index (χ0v) is 23.2. The molecule has 202 valence electrons. The van der Waals surface area contributed by atoms with Gasteiger partial charge in [-0.05, 0) is 67.5 Å². The number of para-hydroxylation sites is 1. The van der Waals surface area contributed by atoms with Gasteiger partial charge in [-0.2, -0.15) is 20.1 Å². The molecule has 1 fully saturated rings. The number of aromatic nitrogens is 5. The molecule has 2 aromatic carbocycles. The van der Waals surface area contributed by atoms with Crippen molar-refractivity contribution in [1.29, 1.82) is 0 Å². The van der Waals surface area contributed by atoms with Crippen LogP contribution in [0.1, 0.15) is 42.2 Å². The number of amides is 1.